The summed E-state index contributed by atoms with van der Waals surface area (Å²) in [4.78, 5) is 4.27. The SMILES string of the molecule is Nc1cnc2ccc(Br)cc2c1Nc1cccc(F)c1Cl. The summed E-state index contributed by atoms with van der Waals surface area (Å²) in [6.07, 6.45) is 1.56. The number of hydrogen-bond donors (Lipinski definition) is 2. The van der Waals surface area contributed by atoms with Crippen molar-refractivity contribution in [2.45, 2.75) is 0 Å². The number of nitrogens with zero attached hydrogens (tertiary/aromatic N) is 1. The lowest BCUT2D eigenvalue weighted by atomic mass is 10.1. The Morgan fingerprint density at radius 1 is 1.24 bits per heavy atom. The zero-order chi connectivity index (χ0) is 15.0. The summed E-state index contributed by atoms with van der Waals surface area (Å²) >= 11 is 9.39. The third-order valence-corrected chi connectivity index (χ3v) is 3.95. The lowest BCUT2D eigenvalue weighted by Gasteiger charge is -2.14. The van der Waals surface area contributed by atoms with Gasteiger partial charge in [0.15, 0.2) is 0 Å². The van der Waals surface area contributed by atoms with Crippen LogP contribution in [0.25, 0.3) is 10.9 Å². The number of halogens is 3. The highest BCUT2D eigenvalue weighted by Gasteiger charge is 2.11. The van der Waals surface area contributed by atoms with Crippen molar-refractivity contribution in [3.05, 3.63) is 57.9 Å². The number of rotatable bonds is 2. The number of fused-ring (bicyclic) bond motifs is 1. The summed E-state index contributed by atoms with van der Waals surface area (Å²) in [5.74, 6) is -0.486. The molecule has 0 aliphatic carbocycles. The Kier molecular flexibility index (Phi) is 3.69. The summed E-state index contributed by atoms with van der Waals surface area (Å²) < 4.78 is 14.4. The van der Waals surface area contributed by atoms with E-state index in [4.69, 9.17) is 17.3 Å². The molecule has 0 atom stereocenters. The first kappa shape index (κ1) is 14.1. The van der Waals surface area contributed by atoms with E-state index in [0.717, 1.165) is 15.4 Å². The van der Waals surface area contributed by atoms with Crippen molar-refractivity contribution in [3.8, 4) is 0 Å². The van der Waals surface area contributed by atoms with Crippen LogP contribution in [0.2, 0.25) is 5.02 Å². The van der Waals surface area contributed by atoms with Gasteiger partial charge in [-0.1, -0.05) is 33.6 Å². The van der Waals surface area contributed by atoms with Crippen molar-refractivity contribution < 1.29 is 4.39 Å². The summed E-state index contributed by atoms with van der Waals surface area (Å²) in [5, 5.41) is 3.94. The molecule has 3 aromatic rings. The van der Waals surface area contributed by atoms with Crippen molar-refractivity contribution in [2.75, 3.05) is 11.1 Å². The second-order valence-electron chi connectivity index (χ2n) is 4.48. The second-order valence-corrected chi connectivity index (χ2v) is 5.77. The molecular weight excluding hydrogens is 357 g/mol. The van der Waals surface area contributed by atoms with Crippen LogP contribution in [0.3, 0.4) is 0 Å². The fourth-order valence-electron chi connectivity index (χ4n) is 2.05. The highest BCUT2D eigenvalue weighted by Crippen LogP contribution is 2.35. The van der Waals surface area contributed by atoms with Crippen LogP contribution in [0.15, 0.2) is 47.1 Å². The lowest BCUT2D eigenvalue weighted by Crippen LogP contribution is -2.00. The van der Waals surface area contributed by atoms with E-state index in [1.54, 1.807) is 18.3 Å². The summed E-state index contributed by atoms with van der Waals surface area (Å²) in [7, 11) is 0. The summed E-state index contributed by atoms with van der Waals surface area (Å²) in [6, 6.07) is 10.2. The van der Waals surface area contributed by atoms with Gasteiger partial charge in [-0.05, 0) is 30.3 Å². The van der Waals surface area contributed by atoms with Gasteiger partial charge in [-0.3, -0.25) is 4.98 Å². The van der Waals surface area contributed by atoms with E-state index in [0.29, 0.717) is 17.1 Å². The zero-order valence-electron chi connectivity index (χ0n) is 10.7. The number of aromatic nitrogens is 1. The smallest absolute Gasteiger partial charge is 0.143 e. The van der Waals surface area contributed by atoms with Crippen LogP contribution in [0.4, 0.5) is 21.5 Å². The average Bonchev–Trinajstić information content (AvgIpc) is 2.46. The highest BCUT2D eigenvalue weighted by atomic mass is 79.9. The fourth-order valence-corrected chi connectivity index (χ4v) is 2.59. The van der Waals surface area contributed by atoms with E-state index in [1.165, 1.54) is 6.07 Å². The predicted octanol–water partition coefficient (Wildman–Crippen LogP) is 5.12. The first-order valence-corrected chi connectivity index (χ1v) is 7.28. The first-order chi connectivity index (χ1) is 10.1. The molecule has 0 fully saturated rings. The average molecular weight is 367 g/mol. The minimum atomic E-state index is -0.486. The van der Waals surface area contributed by atoms with Crippen LogP contribution in [0.1, 0.15) is 0 Å². The monoisotopic (exact) mass is 365 g/mol. The van der Waals surface area contributed by atoms with Crippen LogP contribution in [0, 0.1) is 5.82 Å². The zero-order valence-corrected chi connectivity index (χ0v) is 13.0. The van der Waals surface area contributed by atoms with Gasteiger partial charge >= 0.3 is 0 Å². The van der Waals surface area contributed by atoms with Crippen LogP contribution >= 0.6 is 27.5 Å². The molecule has 1 heterocycles. The van der Waals surface area contributed by atoms with Gasteiger partial charge < -0.3 is 11.1 Å². The quantitative estimate of drug-likeness (QED) is 0.662. The number of nitrogen functional groups attached to an aromatic ring is 1. The normalized spacial score (nSPS) is 10.8. The van der Waals surface area contributed by atoms with Gasteiger partial charge in [0.2, 0.25) is 0 Å². The topological polar surface area (TPSA) is 50.9 Å². The molecule has 0 amide bonds. The van der Waals surface area contributed by atoms with Crippen molar-refractivity contribution in [1.82, 2.24) is 4.98 Å². The molecule has 2 aromatic carbocycles. The third kappa shape index (κ3) is 2.66. The molecule has 21 heavy (non-hydrogen) atoms. The molecule has 0 saturated carbocycles. The Labute approximate surface area is 134 Å². The minimum absolute atomic E-state index is 0.0249. The van der Waals surface area contributed by atoms with Gasteiger partial charge in [-0.25, -0.2) is 4.39 Å². The maximum absolute atomic E-state index is 13.5. The van der Waals surface area contributed by atoms with Crippen LogP contribution in [-0.4, -0.2) is 4.98 Å². The molecule has 106 valence electrons. The highest BCUT2D eigenvalue weighted by molar-refractivity contribution is 9.10. The second kappa shape index (κ2) is 5.50. The van der Waals surface area contributed by atoms with E-state index < -0.39 is 5.82 Å². The van der Waals surface area contributed by atoms with Gasteiger partial charge in [0.05, 0.1) is 33.8 Å². The van der Waals surface area contributed by atoms with Gasteiger partial charge in [-0.2, -0.15) is 0 Å². The molecule has 0 bridgehead atoms. The molecule has 6 heteroatoms. The number of pyridine rings is 1. The standard InChI is InChI=1S/C15H10BrClFN3/c16-8-4-5-12-9(6-8)15(11(19)7-20-12)21-13-3-1-2-10(18)14(13)17/h1-7H,19H2,(H,20,21). The van der Waals surface area contributed by atoms with Crippen molar-refractivity contribution >= 4 is 55.5 Å². The van der Waals surface area contributed by atoms with E-state index >= 15 is 0 Å². The molecule has 0 aliphatic rings. The Morgan fingerprint density at radius 3 is 2.86 bits per heavy atom. The molecule has 0 radical (unpaired) electrons. The van der Waals surface area contributed by atoms with Gasteiger partial charge in [0.1, 0.15) is 5.82 Å². The molecule has 3 N–H and O–H groups in total. The molecular formula is C15H10BrClFN3. The van der Waals surface area contributed by atoms with E-state index in [1.807, 2.05) is 18.2 Å². The maximum atomic E-state index is 13.5. The number of nitrogens with two attached hydrogens (primary N) is 1. The predicted molar refractivity (Wildman–Crippen MR) is 88.5 cm³/mol. The van der Waals surface area contributed by atoms with Gasteiger partial charge in [-0.15, -0.1) is 0 Å². The van der Waals surface area contributed by atoms with E-state index in [-0.39, 0.29) is 5.02 Å². The van der Waals surface area contributed by atoms with Crippen molar-refractivity contribution in [1.29, 1.82) is 0 Å². The van der Waals surface area contributed by atoms with E-state index in [9.17, 15) is 4.39 Å². The third-order valence-electron chi connectivity index (χ3n) is 3.07. The molecule has 3 rings (SSSR count). The van der Waals surface area contributed by atoms with Crippen LogP contribution in [-0.2, 0) is 0 Å². The largest absolute Gasteiger partial charge is 0.396 e. The lowest BCUT2D eigenvalue weighted by molar-refractivity contribution is 0.629. The Bertz CT molecular complexity index is 833. The van der Waals surface area contributed by atoms with Crippen molar-refractivity contribution in [3.63, 3.8) is 0 Å². The van der Waals surface area contributed by atoms with Crippen LogP contribution < -0.4 is 11.1 Å². The molecule has 0 saturated heterocycles. The number of nitrogens with one attached hydrogen (secondary N) is 1. The van der Waals surface area contributed by atoms with Crippen molar-refractivity contribution in [2.24, 2.45) is 0 Å². The van der Waals surface area contributed by atoms with E-state index in [2.05, 4.69) is 26.2 Å². The number of anilines is 3. The van der Waals surface area contributed by atoms with Gasteiger partial charge in [0, 0.05) is 9.86 Å². The number of benzene rings is 2. The Morgan fingerprint density at radius 2 is 2.05 bits per heavy atom. The Balaban J connectivity index is 2.18. The molecule has 0 aliphatic heterocycles. The van der Waals surface area contributed by atoms with Crippen LogP contribution in [0.5, 0.6) is 0 Å². The summed E-state index contributed by atoms with van der Waals surface area (Å²) in [5.41, 5.74) is 8.34. The first-order valence-electron chi connectivity index (χ1n) is 6.11. The fraction of sp³-hybridized carbons (Fsp3) is 0. The molecule has 0 spiro atoms. The summed E-state index contributed by atoms with van der Waals surface area (Å²) in [6.45, 7) is 0. The minimum Gasteiger partial charge on any atom is -0.396 e. The Hall–Kier alpha value is -1.85. The number of hydrogen-bond acceptors (Lipinski definition) is 3. The molecule has 0 unspecified atom stereocenters. The molecule has 1 aromatic heterocycles. The molecule has 3 nitrogen and oxygen atoms in total. The van der Waals surface area contributed by atoms with Gasteiger partial charge in [0.25, 0.3) is 0 Å². The maximum Gasteiger partial charge on any atom is 0.143 e.